The summed E-state index contributed by atoms with van der Waals surface area (Å²) in [5.41, 5.74) is 26.2. The van der Waals surface area contributed by atoms with E-state index in [0.717, 1.165) is 51.8 Å². The summed E-state index contributed by atoms with van der Waals surface area (Å²) < 4.78 is 27.8. The molecule has 0 aliphatic carbocycles. The second kappa shape index (κ2) is 17.1. The smallest absolute Gasteiger partial charge is 0.123 e. The van der Waals surface area contributed by atoms with Gasteiger partial charge in [0.15, 0.2) is 0 Å². The Bertz CT molecular complexity index is 2310. The Hall–Kier alpha value is -4.82. The van der Waals surface area contributed by atoms with Gasteiger partial charge in [-0.3, -0.25) is 0 Å². The Morgan fingerprint density at radius 2 is 0.607 bits per heavy atom. The highest BCUT2D eigenvalue weighted by molar-refractivity contribution is 5.81. The molecule has 0 radical (unpaired) electrons. The molecule has 0 unspecified atom stereocenters. The maximum Gasteiger partial charge on any atom is 0.123 e. The van der Waals surface area contributed by atoms with Crippen LogP contribution in [0.3, 0.4) is 0 Å². The van der Waals surface area contributed by atoms with Crippen molar-refractivity contribution in [2.75, 3.05) is 0 Å². The number of halogens is 2. The standard InChI is InChI=1S/C54H60F2/c1-32-21-44(52-37(6)25-43(26-38(52)7)51-20-19-47(55)29-36(51)5)22-33(2)49(32)17-15-13-12-14-16-18-50-34(3)23-45(24-35(50)4)53-39(8)27-46(28-40(53)9)54-41(10)30-48(56)31-42(54)11/h19-31H,12-18H2,1-11H3. The summed E-state index contributed by atoms with van der Waals surface area (Å²) in [6.07, 6.45) is 8.46. The van der Waals surface area contributed by atoms with Crippen LogP contribution in [0.2, 0.25) is 0 Å². The molecule has 0 N–H and O–H groups in total. The molecule has 0 aliphatic rings. The quantitative estimate of drug-likeness (QED) is 0.109. The molecule has 0 saturated carbocycles. The third-order valence-electron chi connectivity index (χ3n) is 12.2. The molecule has 0 fully saturated rings. The van der Waals surface area contributed by atoms with Gasteiger partial charge in [-0.15, -0.1) is 0 Å². The minimum Gasteiger partial charge on any atom is -0.207 e. The van der Waals surface area contributed by atoms with E-state index < -0.39 is 0 Å². The van der Waals surface area contributed by atoms with Crippen LogP contribution in [0.4, 0.5) is 8.78 Å². The lowest BCUT2D eigenvalue weighted by Crippen LogP contribution is -1.99. The molecule has 0 aromatic heterocycles. The number of rotatable bonds is 12. The third kappa shape index (κ3) is 8.76. The molecule has 0 spiro atoms. The van der Waals surface area contributed by atoms with Crippen molar-refractivity contribution in [1.29, 1.82) is 0 Å². The van der Waals surface area contributed by atoms with E-state index in [2.05, 4.69) is 104 Å². The SMILES string of the molecule is Cc1cc(F)ccc1-c1cc(C)c(-c2cc(C)c(CCCCCCCc3c(C)cc(-c4c(C)cc(-c5c(C)cc(F)cc5C)cc4C)cc3C)c(C)c2)c(C)c1. The fourth-order valence-corrected chi connectivity index (χ4v) is 9.65. The number of aryl methyl sites for hydroxylation is 11. The second-order valence-electron chi connectivity index (χ2n) is 16.8. The summed E-state index contributed by atoms with van der Waals surface area (Å²) >= 11 is 0. The van der Waals surface area contributed by atoms with Crippen molar-refractivity contribution in [3.8, 4) is 44.5 Å². The Kier molecular flexibility index (Phi) is 12.5. The summed E-state index contributed by atoms with van der Waals surface area (Å²) in [5, 5.41) is 0. The molecular weight excluding hydrogens is 687 g/mol. The van der Waals surface area contributed by atoms with Crippen molar-refractivity contribution in [3.05, 3.63) is 163 Å². The Morgan fingerprint density at radius 3 is 0.982 bits per heavy atom. The van der Waals surface area contributed by atoms with E-state index in [1.807, 2.05) is 26.8 Å². The average molecular weight is 747 g/mol. The Labute approximate surface area is 336 Å². The number of hydrogen-bond acceptors (Lipinski definition) is 0. The van der Waals surface area contributed by atoms with Crippen LogP contribution in [0.15, 0.2) is 78.9 Å². The van der Waals surface area contributed by atoms with Gasteiger partial charge < -0.3 is 0 Å². The van der Waals surface area contributed by atoms with Gasteiger partial charge in [-0.1, -0.05) is 73.9 Å². The molecule has 6 aromatic rings. The van der Waals surface area contributed by atoms with E-state index in [4.69, 9.17) is 0 Å². The highest BCUT2D eigenvalue weighted by Gasteiger charge is 2.16. The van der Waals surface area contributed by atoms with Crippen molar-refractivity contribution in [2.24, 2.45) is 0 Å². The summed E-state index contributed by atoms with van der Waals surface area (Å²) in [6, 6.07) is 26.9. The van der Waals surface area contributed by atoms with E-state index in [-0.39, 0.29) is 11.6 Å². The highest BCUT2D eigenvalue weighted by atomic mass is 19.1. The fourth-order valence-electron chi connectivity index (χ4n) is 9.65. The van der Waals surface area contributed by atoms with Crippen LogP contribution in [-0.2, 0) is 12.8 Å². The van der Waals surface area contributed by atoms with E-state index in [0.29, 0.717) is 0 Å². The maximum atomic E-state index is 14.0. The van der Waals surface area contributed by atoms with E-state index >= 15 is 0 Å². The largest absolute Gasteiger partial charge is 0.207 e. The monoisotopic (exact) mass is 746 g/mol. The minimum atomic E-state index is -0.189. The average Bonchev–Trinajstić information content (AvgIpc) is 3.08. The molecule has 0 amide bonds. The minimum absolute atomic E-state index is 0.173. The van der Waals surface area contributed by atoms with Crippen molar-refractivity contribution >= 4 is 0 Å². The predicted octanol–water partition coefficient (Wildman–Crippen LogP) is 15.8. The van der Waals surface area contributed by atoms with Crippen molar-refractivity contribution in [2.45, 2.75) is 121 Å². The van der Waals surface area contributed by atoms with E-state index in [9.17, 15) is 8.78 Å². The molecule has 2 heteroatoms. The van der Waals surface area contributed by atoms with E-state index in [1.54, 1.807) is 24.3 Å². The van der Waals surface area contributed by atoms with Crippen LogP contribution in [0.1, 0.15) is 104 Å². The van der Waals surface area contributed by atoms with E-state index in [1.165, 1.54) is 110 Å². The van der Waals surface area contributed by atoms with Crippen LogP contribution >= 0.6 is 0 Å². The molecule has 56 heavy (non-hydrogen) atoms. The van der Waals surface area contributed by atoms with Gasteiger partial charge in [-0.2, -0.15) is 0 Å². The first-order chi connectivity index (χ1) is 26.6. The predicted molar refractivity (Wildman–Crippen MR) is 237 cm³/mol. The van der Waals surface area contributed by atoms with Crippen molar-refractivity contribution in [3.63, 3.8) is 0 Å². The molecule has 0 bridgehead atoms. The van der Waals surface area contributed by atoms with Gasteiger partial charge in [0, 0.05) is 0 Å². The number of unbranched alkanes of at least 4 members (excludes halogenated alkanes) is 4. The number of benzene rings is 6. The maximum absolute atomic E-state index is 14.0. The second-order valence-corrected chi connectivity index (χ2v) is 16.8. The van der Waals surface area contributed by atoms with Gasteiger partial charge in [-0.05, 0) is 243 Å². The summed E-state index contributed by atoms with van der Waals surface area (Å²) in [7, 11) is 0. The Morgan fingerprint density at radius 1 is 0.304 bits per heavy atom. The molecular formula is C54H60F2. The number of hydrogen-bond donors (Lipinski definition) is 0. The Balaban J connectivity index is 1.03. The zero-order valence-electron chi connectivity index (χ0n) is 35.7. The third-order valence-corrected chi connectivity index (χ3v) is 12.2. The highest BCUT2D eigenvalue weighted by Crippen LogP contribution is 2.38. The lowest BCUT2D eigenvalue weighted by Gasteiger charge is -2.19. The first-order valence-electron chi connectivity index (χ1n) is 20.6. The summed E-state index contributed by atoms with van der Waals surface area (Å²) in [4.78, 5) is 0. The van der Waals surface area contributed by atoms with Crippen LogP contribution < -0.4 is 0 Å². The lowest BCUT2D eigenvalue weighted by molar-refractivity contribution is 0.611. The fraction of sp³-hybridized carbons (Fsp3) is 0.333. The normalized spacial score (nSPS) is 11.4. The van der Waals surface area contributed by atoms with Gasteiger partial charge in [0.2, 0.25) is 0 Å². The van der Waals surface area contributed by atoms with Gasteiger partial charge in [0.25, 0.3) is 0 Å². The molecule has 6 rings (SSSR count). The van der Waals surface area contributed by atoms with Crippen LogP contribution in [0.25, 0.3) is 44.5 Å². The molecule has 290 valence electrons. The molecule has 0 nitrogen and oxygen atoms in total. The first kappa shape index (κ1) is 40.8. The van der Waals surface area contributed by atoms with Crippen molar-refractivity contribution in [1.82, 2.24) is 0 Å². The van der Waals surface area contributed by atoms with Gasteiger partial charge >= 0.3 is 0 Å². The zero-order chi connectivity index (χ0) is 40.4. The summed E-state index contributed by atoms with van der Waals surface area (Å²) in [5.74, 6) is -0.362. The van der Waals surface area contributed by atoms with Crippen LogP contribution in [0, 0.1) is 87.8 Å². The van der Waals surface area contributed by atoms with Gasteiger partial charge in [-0.25, -0.2) is 8.78 Å². The van der Waals surface area contributed by atoms with Crippen LogP contribution in [-0.4, -0.2) is 0 Å². The molecule has 6 aromatic carbocycles. The van der Waals surface area contributed by atoms with Gasteiger partial charge in [0.05, 0.1) is 0 Å². The zero-order valence-corrected chi connectivity index (χ0v) is 35.7. The molecule has 0 heterocycles. The van der Waals surface area contributed by atoms with Crippen molar-refractivity contribution < 1.29 is 8.78 Å². The molecule has 0 aliphatic heterocycles. The first-order valence-corrected chi connectivity index (χ1v) is 20.6. The lowest BCUT2D eigenvalue weighted by atomic mass is 9.86. The van der Waals surface area contributed by atoms with Gasteiger partial charge in [0.1, 0.15) is 11.6 Å². The molecule has 0 saturated heterocycles. The topological polar surface area (TPSA) is 0 Å². The summed E-state index contributed by atoms with van der Waals surface area (Å²) in [6.45, 7) is 23.9. The molecule has 0 atom stereocenters. The van der Waals surface area contributed by atoms with Crippen LogP contribution in [0.5, 0.6) is 0 Å².